The van der Waals surface area contributed by atoms with Gasteiger partial charge in [-0.2, -0.15) is 0 Å². The molecule has 0 saturated heterocycles. The average molecular weight is 337 g/mol. The van der Waals surface area contributed by atoms with Crippen LogP contribution in [0.4, 0.5) is 14.9 Å². The zero-order valence-electron chi connectivity index (χ0n) is 12.9. The van der Waals surface area contributed by atoms with Gasteiger partial charge >= 0.3 is 6.03 Å². The lowest BCUT2D eigenvalue weighted by Crippen LogP contribution is -2.37. The first-order valence-corrected chi connectivity index (χ1v) is 7.51. The van der Waals surface area contributed by atoms with E-state index in [2.05, 4.69) is 10.6 Å². The van der Waals surface area contributed by atoms with Gasteiger partial charge in [-0.1, -0.05) is 23.7 Å². The Bertz CT molecular complexity index is 694. The SMILES string of the molecule is COc1cccc(CC(C)NC(=O)Nc2ccc(F)cc2Cl)c1. The number of rotatable bonds is 5. The Hall–Kier alpha value is -2.27. The van der Waals surface area contributed by atoms with Gasteiger partial charge in [0, 0.05) is 6.04 Å². The van der Waals surface area contributed by atoms with Crippen molar-refractivity contribution >= 4 is 23.3 Å². The summed E-state index contributed by atoms with van der Waals surface area (Å²) < 4.78 is 18.2. The van der Waals surface area contributed by atoms with Gasteiger partial charge in [-0.15, -0.1) is 0 Å². The Morgan fingerprint density at radius 2 is 2.09 bits per heavy atom. The topological polar surface area (TPSA) is 50.4 Å². The lowest BCUT2D eigenvalue weighted by Gasteiger charge is -2.15. The minimum absolute atomic E-state index is 0.0960. The average Bonchev–Trinajstić information content (AvgIpc) is 2.50. The van der Waals surface area contributed by atoms with E-state index >= 15 is 0 Å². The summed E-state index contributed by atoms with van der Waals surface area (Å²) >= 11 is 5.88. The van der Waals surface area contributed by atoms with Gasteiger partial charge < -0.3 is 15.4 Å². The zero-order valence-corrected chi connectivity index (χ0v) is 13.7. The van der Waals surface area contributed by atoms with Gasteiger partial charge in [0.15, 0.2) is 0 Å². The molecule has 0 bridgehead atoms. The van der Waals surface area contributed by atoms with Crippen molar-refractivity contribution in [3.63, 3.8) is 0 Å². The second kappa shape index (κ2) is 7.83. The molecule has 0 spiro atoms. The van der Waals surface area contributed by atoms with Crippen molar-refractivity contribution in [2.75, 3.05) is 12.4 Å². The highest BCUT2D eigenvalue weighted by Gasteiger charge is 2.10. The lowest BCUT2D eigenvalue weighted by atomic mass is 10.1. The monoisotopic (exact) mass is 336 g/mol. The van der Waals surface area contributed by atoms with Crippen LogP contribution in [0.1, 0.15) is 12.5 Å². The van der Waals surface area contributed by atoms with E-state index < -0.39 is 11.8 Å². The third-order valence-electron chi connectivity index (χ3n) is 3.23. The first kappa shape index (κ1) is 17.1. The third kappa shape index (κ3) is 5.14. The number of carbonyl (C=O) groups is 1. The normalized spacial score (nSPS) is 11.7. The Morgan fingerprint density at radius 1 is 1.30 bits per heavy atom. The van der Waals surface area contributed by atoms with E-state index in [4.69, 9.17) is 16.3 Å². The quantitative estimate of drug-likeness (QED) is 0.858. The molecule has 122 valence electrons. The summed E-state index contributed by atoms with van der Waals surface area (Å²) in [5, 5.41) is 5.57. The molecule has 0 radical (unpaired) electrons. The third-order valence-corrected chi connectivity index (χ3v) is 3.55. The van der Waals surface area contributed by atoms with Crippen molar-refractivity contribution < 1.29 is 13.9 Å². The summed E-state index contributed by atoms with van der Waals surface area (Å²) in [6, 6.07) is 11.0. The van der Waals surface area contributed by atoms with E-state index in [1.165, 1.54) is 12.1 Å². The predicted molar refractivity (Wildman–Crippen MR) is 89.7 cm³/mol. The number of benzene rings is 2. The molecule has 4 nitrogen and oxygen atoms in total. The number of carbonyl (C=O) groups excluding carboxylic acids is 1. The van der Waals surface area contributed by atoms with Crippen LogP contribution >= 0.6 is 11.6 Å². The van der Waals surface area contributed by atoms with Crippen LogP contribution in [0.2, 0.25) is 5.02 Å². The minimum atomic E-state index is -0.452. The van der Waals surface area contributed by atoms with E-state index in [-0.39, 0.29) is 11.1 Å². The van der Waals surface area contributed by atoms with E-state index in [0.717, 1.165) is 17.4 Å². The summed E-state index contributed by atoms with van der Waals surface area (Å²) in [5.41, 5.74) is 1.41. The maximum atomic E-state index is 13.0. The number of halogens is 2. The second-order valence-electron chi connectivity index (χ2n) is 5.18. The number of nitrogens with one attached hydrogen (secondary N) is 2. The molecule has 1 atom stereocenters. The highest BCUT2D eigenvalue weighted by Crippen LogP contribution is 2.22. The van der Waals surface area contributed by atoms with Crippen LogP contribution in [0, 0.1) is 5.82 Å². The molecule has 2 N–H and O–H groups in total. The number of ether oxygens (including phenoxy) is 1. The lowest BCUT2D eigenvalue weighted by molar-refractivity contribution is 0.249. The van der Waals surface area contributed by atoms with Gasteiger partial charge in [0.25, 0.3) is 0 Å². The minimum Gasteiger partial charge on any atom is -0.497 e. The summed E-state index contributed by atoms with van der Waals surface area (Å²) in [5.74, 6) is 0.324. The van der Waals surface area contributed by atoms with Crippen molar-refractivity contribution in [1.82, 2.24) is 5.32 Å². The summed E-state index contributed by atoms with van der Waals surface area (Å²) in [4.78, 5) is 12.0. The van der Waals surface area contributed by atoms with Crippen molar-refractivity contribution in [2.45, 2.75) is 19.4 Å². The number of hydrogen-bond acceptors (Lipinski definition) is 2. The molecule has 2 rings (SSSR count). The van der Waals surface area contributed by atoms with Crippen LogP contribution in [0.5, 0.6) is 5.75 Å². The van der Waals surface area contributed by atoms with Crippen LogP contribution in [-0.2, 0) is 6.42 Å². The zero-order chi connectivity index (χ0) is 16.8. The first-order chi connectivity index (χ1) is 11.0. The van der Waals surface area contributed by atoms with Gasteiger partial charge in [-0.05, 0) is 49.2 Å². The molecule has 2 amide bonds. The van der Waals surface area contributed by atoms with Crippen molar-refractivity contribution in [1.29, 1.82) is 0 Å². The summed E-state index contributed by atoms with van der Waals surface area (Å²) in [6.07, 6.45) is 0.655. The Labute approximate surface area is 139 Å². The fraction of sp³-hybridized carbons (Fsp3) is 0.235. The molecule has 1 unspecified atom stereocenters. The molecule has 0 heterocycles. The maximum absolute atomic E-state index is 13.0. The Kier molecular flexibility index (Phi) is 5.82. The molecule has 23 heavy (non-hydrogen) atoms. The summed E-state index contributed by atoms with van der Waals surface area (Å²) in [7, 11) is 1.61. The molecule has 0 fully saturated rings. The van der Waals surface area contributed by atoms with Crippen LogP contribution in [-0.4, -0.2) is 19.2 Å². The van der Waals surface area contributed by atoms with Crippen LogP contribution in [0.15, 0.2) is 42.5 Å². The highest BCUT2D eigenvalue weighted by molar-refractivity contribution is 6.33. The van der Waals surface area contributed by atoms with Gasteiger partial charge in [0.05, 0.1) is 17.8 Å². The standard InChI is InChI=1S/C17H18ClFN2O2/c1-11(8-12-4-3-5-14(9-12)23-2)20-17(22)21-16-7-6-13(19)10-15(16)18/h3-7,9-11H,8H2,1-2H3,(H2,20,21,22). The predicted octanol–water partition coefficient (Wildman–Crippen LogP) is 4.24. The van der Waals surface area contributed by atoms with Gasteiger partial charge in [-0.25, -0.2) is 9.18 Å². The number of amides is 2. The molecule has 0 aliphatic carbocycles. The number of urea groups is 1. The Morgan fingerprint density at radius 3 is 2.78 bits per heavy atom. The maximum Gasteiger partial charge on any atom is 0.319 e. The molecule has 0 saturated carbocycles. The first-order valence-electron chi connectivity index (χ1n) is 7.13. The van der Waals surface area contributed by atoms with Crippen molar-refractivity contribution in [3.05, 3.63) is 58.9 Å². The van der Waals surface area contributed by atoms with Crippen LogP contribution in [0.25, 0.3) is 0 Å². The van der Waals surface area contributed by atoms with E-state index in [9.17, 15) is 9.18 Å². The second-order valence-corrected chi connectivity index (χ2v) is 5.59. The number of methoxy groups -OCH3 is 1. The molecule has 0 aliphatic heterocycles. The van der Waals surface area contributed by atoms with Crippen molar-refractivity contribution in [3.8, 4) is 5.75 Å². The molecular weight excluding hydrogens is 319 g/mol. The number of anilines is 1. The van der Waals surface area contributed by atoms with Crippen LogP contribution in [0.3, 0.4) is 0 Å². The summed E-state index contributed by atoms with van der Waals surface area (Å²) in [6.45, 7) is 1.89. The number of hydrogen-bond donors (Lipinski definition) is 2. The van der Waals surface area contributed by atoms with Gasteiger partial charge in [-0.3, -0.25) is 0 Å². The molecule has 2 aromatic carbocycles. The molecule has 0 aliphatic rings. The van der Waals surface area contributed by atoms with Crippen molar-refractivity contribution in [2.24, 2.45) is 0 Å². The molecule has 2 aromatic rings. The van der Waals surface area contributed by atoms with Crippen LogP contribution < -0.4 is 15.4 Å². The van der Waals surface area contributed by atoms with Gasteiger partial charge in [0.1, 0.15) is 11.6 Å². The molecule has 0 aromatic heterocycles. The van der Waals surface area contributed by atoms with E-state index in [1.54, 1.807) is 7.11 Å². The molecular formula is C17H18ClFN2O2. The molecule has 6 heteroatoms. The Balaban J connectivity index is 1.91. The fourth-order valence-electron chi connectivity index (χ4n) is 2.18. The largest absolute Gasteiger partial charge is 0.497 e. The van der Waals surface area contributed by atoms with Gasteiger partial charge in [0.2, 0.25) is 0 Å². The van der Waals surface area contributed by atoms with E-state index in [0.29, 0.717) is 12.1 Å². The fourth-order valence-corrected chi connectivity index (χ4v) is 2.39. The highest BCUT2D eigenvalue weighted by atomic mass is 35.5. The van der Waals surface area contributed by atoms with E-state index in [1.807, 2.05) is 31.2 Å². The smallest absolute Gasteiger partial charge is 0.319 e.